The summed E-state index contributed by atoms with van der Waals surface area (Å²) < 4.78 is 0. The Bertz CT molecular complexity index is 759. The third-order valence-electron chi connectivity index (χ3n) is 5.45. The fourth-order valence-corrected chi connectivity index (χ4v) is 4.17. The van der Waals surface area contributed by atoms with Crippen LogP contribution in [0.3, 0.4) is 0 Å². The van der Waals surface area contributed by atoms with Gasteiger partial charge in [0.1, 0.15) is 0 Å². The molecule has 2 aromatic carbocycles. The summed E-state index contributed by atoms with van der Waals surface area (Å²) >= 11 is 5.94. The minimum atomic E-state index is 0.124. The second-order valence-electron chi connectivity index (χ2n) is 7.04. The van der Waals surface area contributed by atoms with Gasteiger partial charge in [-0.25, -0.2) is 0 Å². The number of carbonyl (C=O) groups is 1. The van der Waals surface area contributed by atoms with Crippen molar-refractivity contribution in [1.82, 2.24) is 9.80 Å². The highest BCUT2D eigenvalue weighted by Gasteiger charge is 2.30. The molecule has 0 aromatic heterocycles. The van der Waals surface area contributed by atoms with Crippen LogP contribution in [0.1, 0.15) is 34.3 Å². The molecule has 0 saturated carbocycles. The molecule has 2 aliphatic heterocycles. The smallest absolute Gasteiger partial charge is 0.253 e. The zero-order valence-electron chi connectivity index (χ0n) is 14.3. The van der Waals surface area contributed by atoms with Crippen LogP contribution in [0, 0.1) is 0 Å². The Balaban J connectivity index is 1.44. The van der Waals surface area contributed by atoms with E-state index in [1.807, 2.05) is 17.0 Å². The summed E-state index contributed by atoms with van der Waals surface area (Å²) in [7, 11) is 0. The average molecular weight is 355 g/mol. The first-order valence-corrected chi connectivity index (χ1v) is 9.44. The van der Waals surface area contributed by atoms with E-state index in [0.717, 1.165) is 44.6 Å². The van der Waals surface area contributed by atoms with Crippen molar-refractivity contribution in [2.75, 3.05) is 19.6 Å². The summed E-state index contributed by atoms with van der Waals surface area (Å²) in [5, 5.41) is 0.667. The Morgan fingerprint density at radius 2 is 1.76 bits per heavy atom. The minimum Gasteiger partial charge on any atom is -0.337 e. The Labute approximate surface area is 154 Å². The molecule has 0 unspecified atom stereocenters. The topological polar surface area (TPSA) is 23.6 Å². The highest BCUT2D eigenvalue weighted by molar-refractivity contribution is 6.30. The van der Waals surface area contributed by atoms with E-state index >= 15 is 0 Å². The fraction of sp³-hybridized carbons (Fsp3) is 0.381. The number of likely N-dealkylation sites (tertiary alicyclic amines) is 1. The first-order valence-electron chi connectivity index (χ1n) is 9.06. The normalized spacial score (nSPS) is 21.0. The predicted octanol–water partition coefficient (Wildman–Crippen LogP) is 4.00. The van der Waals surface area contributed by atoms with Crippen LogP contribution in [-0.2, 0) is 13.0 Å². The third-order valence-corrected chi connectivity index (χ3v) is 5.70. The molecule has 3 nitrogen and oxygen atoms in total. The summed E-state index contributed by atoms with van der Waals surface area (Å²) in [5.74, 6) is 0.124. The highest BCUT2D eigenvalue weighted by atomic mass is 35.5. The van der Waals surface area contributed by atoms with Crippen molar-refractivity contribution < 1.29 is 4.79 Å². The predicted molar refractivity (Wildman–Crippen MR) is 101 cm³/mol. The Kier molecular flexibility index (Phi) is 4.78. The van der Waals surface area contributed by atoms with Gasteiger partial charge in [0.2, 0.25) is 0 Å². The van der Waals surface area contributed by atoms with E-state index in [-0.39, 0.29) is 5.91 Å². The lowest BCUT2D eigenvalue weighted by Crippen LogP contribution is -2.51. The van der Waals surface area contributed by atoms with Crippen molar-refractivity contribution in [1.29, 1.82) is 0 Å². The van der Waals surface area contributed by atoms with Crippen LogP contribution in [0.4, 0.5) is 0 Å². The van der Waals surface area contributed by atoms with Gasteiger partial charge in [0.15, 0.2) is 0 Å². The van der Waals surface area contributed by atoms with E-state index < -0.39 is 0 Å². The lowest BCUT2D eigenvalue weighted by Gasteiger charge is -2.41. The van der Waals surface area contributed by atoms with Crippen molar-refractivity contribution in [3.63, 3.8) is 0 Å². The summed E-state index contributed by atoms with van der Waals surface area (Å²) in [6.45, 7) is 3.76. The van der Waals surface area contributed by atoms with E-state index in [1.54, 1.807) is 12.1 Å². The lowest BCUT2D eigenvalue weighted by atomic mass is 9.96. The van der Waals surface area contributed by atoms with Crippen LogP contribution in [-0.4, -0.2) is 41.4 Å². The molecule has 0 radical (unpaired) electrons. The van der Waals surface area contributed by atoms with Gasteiger partial charge in [0, 0.05) is 42.8 Å². The van der Waals surface area contributed by atoms with Gasteiger partial charge < -0.3 is 4.90 Å². The maximum Gasteiger partial charge on any atom is 0.253 e. The number of amides is 1. The maximum absolute atomic E-state index is 12.8. The van der Waals surface area contributed by atoms with Crippen molar-refractivity contribution in [3.8, 4) is 0 Å². The second kappa shape index (κ2) is 7.19. The van der Waals surface area contributed by atoms with Crippen molar-refractivity contribution in [3.05, 3.63) is 70.2 Å². The van der Waals surface area contributed by atoms with Gasteiger partial charge in [-0.3, -0.25) is 9.69 Å². The van der Waals surface area contributed by atoms with Gasteiger partial charge in [0.05, 0.1) is 0 Å². The van der Waals surface area contributed by atoms with Crippen LogP contribution in [0.5, 0.6) is 0 Å². The summed E-state index contributed by atoms with van der Waals surface area (Å²) in [6.07, 6.45) is 3.35. The molecule has 0 N–H and O–H groups in total. The lowest BCUT2D eigenvalue weighted by molar-refractivity contribution is 0.0549. The van der Waals surface area contributed by atoms with Crippen LogP contribution in [0.2, 0.25) is 5.02 Å². The quantitative estimate of drug-likeness (QED) is 0.813. The number of halogens is 1. The van der Waals surface area contributed by atoms with Gasteiger partial charge >= 0.3 is 0 Å². The Hall–Kier alpha value is -1.84. The summed E-state index contributed by atoms with van der Waals surface area (Å²) in [5.41, 5.74) is 3.65. The first-order chi connectivity index (χ1) is 12.2. The zero-order valence-corrected chi connectivity index (χ0v) is 15.1. The first kappa shape index (κ1) is 16.6. The molecule has 130 valence electrons. The van der Waals surface area contributed by atoms with Gasteiger partial charge in [-0.2, -0.15) is 0 Å². The molecule has 2 heterocycles. The standard InChI is InChI=1S/C21H23ClN2O/c22-19-9-7-17(8-10-19)21(25)24-12-3-6-20(15-24)23-13-11-16-4-1-2-5-18(16)14-23/h1-2,4-5,7-10,20H,3,6,11-15H2/t20-/m1/s1. The van der Waals surface area contributed by atoms with Gasteiger partial charge in [-0.15, -0.1) is 0 Å². The van der Waals surface area contributed by atoms with E-state index in [9.17, 15) is 4.79 Å². The van der Waals surface area contributed by atoms with E-state index in [2.05, 4.69) is 29.2 Å². The highest BCUT2D eigenvalue weighted by Crippen LogP contribution is 2.25. The molecule has 0 bridgehead atoms. The molecule has 25 heavy (non-hydrogen) atoms. The fourth-order valence-electron chi connectivity index (χ4n) is 4.04. The van der Waals surface area contributed by atoms with Gasteiger partial charge in [-0.1, -0.05) is 35.9 Å². The van der Waals surface area contributed by atoms with Crippen molar-refractivity contribution in [2.45, 2.75) is 31.8 Å². The Morgan fingerprint density at radius 3 is 2.56 bits per heavy atom. The monoisotopic (exact) mass is 354 g/mol. The van der Waals surface area contributed by atoms with Crippen LogP contribution in [0.15, 0.2) is 48.5 Å². The molecule has 0 aliphatic carbocycles. The number of piperidine rings is 1. The molecule has 2 aromatic rings. The molecule has 1 atom stereocenters. The number of fused-ring (bicyclic) bond motifs is 1. The molecule has 4 heteroatoms. The van der Waals surface area contributed by atoms with Gasteiger partial charge in [-0.05, 0) is 54.7 Å². The van der Waals surface area contributed by atoms with E-state index in [0.29, 0.717) is 11.1 Å². The molecule has 2 aliphatic rings. The largest absolute Gasteiger partial charge is 0.337 e. The third kappa shape index (κ3) is 3.58. The SMILES string of the molecule is O=C(c1ccc(Cl)cc1)N1CCC[C@@H](N2CCc3ccccc3C2)C1. The van der Waals surface area contributed by atoms with Gasteiger partial charge in [0.25, 0.3) is 5.91 Å². The molecule has 0 spiro atoms. The van der Waals surface area contributed by atoms with E-state index in [1.165, 1.54) is 17.5 Å². The number of rotatable bonds is 2. The average Bonchev–Trinajstić information content (AvgIpc) is 2.68. The number of hydrogen-bond donors (Lipinski definition) is 0. The number of benzene rings is 2. The van der Waals surface area contributed by atoms with Crippen LogP contribution >= 0.6 is 11.6 Å². The minimum absolute atomic E-state index is 0.124. The number of nitrogens with zero attached hydrogens (tertiary/aromatic N) is 2. The summed E-state index contributed by atoms with van der Waals surface area (Å²) in [4.78, 5) is 17.4. The molecular weight excluding hydrogens is 332 g/mol. The Morgan fingerprint density at radius 1 is 1.00 bits per heavy atom. The maximum atomic E-state index is 12.8. The second-order valence-corrected chi connectivity index (χ2v) is 7.48. The molecular formula is C21H23ClN2O. The zero-order chi connectivity index (χ0) is 17.2. The molecule has 4 rings (SSSR count). The summed E-state index contributed by atoms with van der Waals surface area (Å²) in [6, 6.07) is 16.4. The van der Waals surface area contributed by atoms with Crippen molar-refractivity contribution >= 4 is 17.5 Å². The van der Waals surface area contributed by atoms with E-state index in [4.69, 9.17) is 11.6 Å². The van der Waals surface area contributed by atoms with Crippen molar-refractivity contribution in [2.24, 2.45) is 0 Å². The number of carbonyl (C=O) groups excluding carboxylic acids is 1. The molecule has 1 saturated heterocycles. The molecule has 1 fully saturated rings. The van der Waals surface area contributed by atoms with Crippen LogP contribution in [0.25, 0.3) is 0 Å². The number of hydrogen-bond acceptors (Lipinski definition) is 2. The van der Waals surface area contributed by atoms with Crippen LogP contribution < -0.4 is 0 Å². The molecule has 1 amide bonds.